The number of piperazine rings is 1. The molecule has 24 heavy (non-hydrogen) atoms. The van der Waals surface area contributed by atoms with Crippen LogP contribution in [0.15, 0.2) is 48.7 Å². The Morgan fingerprint density at radius 3 is 2.12 bits per heavy atom. The van der Waals surface area contributed by atoms with Crippen molar-refractivity contribution in [3.63, 3.8) is 0 Å². The molecular formula is C17H22N4O2S. The van der Waals surface area contributed by atoms with Crippen molar-refractivity contribution in [2.45, 2.75) is 6.92 Å². The van der Waals surface area contributed by atoms with Crippen LogP contribution in [0.1, 0.15) is 6.92 Å². The zero-order valence-electron chi connectivity index (χ0n) is 13.7. The van der Waals surface area contributed by atoms with Gasteiger partial charge in [0.2, 0.25) is 10.0 Å². The fourth-order valence-electron chi connectivity index (χ4n) is 2.73. The number of nitrogens with zero attached hydrogens (tertiary/aromatic N) is 3. The van der Waals surface area contributed by atoms with E-state index >= 15 is 0 Å². The molecule has 0 spiro atoms. The van der Waals surface area contributed by atoms with Crippen LogP contribution >= 0.6 is 0 Å². The average Bonchev–Trinajstić information content (AvgIpc) is 2.63. The van der Waals surface area contributed by atoms with Gasteiger partial charge in [0.15, 0.2) is 0 Å². The number of anilines is 3. The summed E-state index contributed by atoms with van der Waals surface area (Å²) in [7, 11) is -3.28. The maximum Gasteiger partial charge on any atom is 0.233 e. The molecular weight excluding hydrogens is 324 g/mol. The smallest absolute Gasteiger partial charge is 0.233 e. The quantitative estimate of drug-likeness (QED) is 0.899. The van der Waals surface area contributed by atoms with E-state index in [2.05, 4.69) is 43.8 Å². The predicted octanol–water partition coefficient (Wildman–Crippen LogP) is 2.17. The summed E-state index contributed by atoms with van der Waals surface area (Å²) in [6.45, 7) is 5.33. The minimum absolute atomic E-state index is 0.0396. The molecule has 1 saturated heterocycles. The van der Waals surface area contributed by atoms with Crippen molar-refractivity contribution >= 4 is 27.2 Å². The Morgan fingerprint density at radius 2 is 1.58 bits per heavy atom. The lowest BCUT2D eigenvalue weighted by Gasteiger charge is -2.37. The summed E-state index contributed by atoms with van der Waals surface area (Å²) in [5, 5.41) is 0. The zero-order valence-corrected chi connectivity index (χ0v) is 14.5. The summed E-state index contributed by atoms with van der Waals surface area (Å²) < 4.78 is 25.6. The first kappa shape index (κ1) is 16.6. The number of pyridine rings is 1. The molecule has 0 radical (unpaired) electrons. The van der Waals surface area contributed by atoms with Crippen molar-refractivity contribution in [1.82, 2.24) is 4.98 Å². The van der Waals surface area contributed by atoms with Gasteiger partial charge in [-0.25, -0.2) is 13.4 Å². The molecule has 0 amide bonds. The molecule has 2 aromatic rings. The normalized spacial score (nSPS) is 15.4. The van der Waals surface area contributed by atoms with Crippen molar-refractivity contribution in [2.75, 3.05) is 46.5 Å². The molecule has 0 bridgehead atoms. The molecule has 1 fully saturated rings. The molecule has 1 aromatic heterocycles. The van der Waals surface area contributed by atoms with Crippen LogP contribution in [-0.2, 0) is 10.0 Å². The molecule has 1 aliphatic heterocycles. The van der Waals surface area contributed by atoms with E-state index in [1.807, 2.05) is 12.1 Å². The van der Waals surface area contributed by atoms with Gasteiger partial charge >= 0.3 is 0 Å². The molecule has 0 saturated carbocycles. The van der Waals surface area contributed by atoms with Crippen LogP contribution < -0.4 is 14.5 Å². The van der Waals surface area contributed by atoms with Crippen LogP contribution in [0.3, 0.4) is 0 Å². The second-order valence-corrected chi connectivity index (χ2v) is 7.73. The fraction of sp³-hybridized carbons (Fsp3) is 0.353. The molecule has 2 heterocycles. The Labute approximate surface area is 143 Å². The summed E-state index contributed by atoms with van der Waals surface area (Å²) in [5.74, 6) is 0.404. The van der Waals surface area contributed by atoms with Crippen LogP contribution in [0.2, 0.25) is 0 Å². The Bertz CT molecular complexity index is 755. The number of hydrogen-bond acceptors (Lipinski definition) is 5. The number of rotatable bonds is 5. The molecule has 1 aliphatic rings. The lowest BCUT2D eigenvalue weighted by atomic mass is 10.2. The van der Waals surface area contributed by atoms with Gasteiger partial charge in [-0.05, 0) is 31.2 Å². The average molecular weight is 346 g/mol. The SMILES string of the molecule is CCS(=O)(=O)Nc1ccc(N2CCN(c3ccccc3)CC2)cn1. The van der Waals surface area contributed by atoms with Crippen LogP contribution in [0, 0.1) is 0 Å². The van der Waals surface area contributed by atoms with Crippen molar-refractivity contribution in [2.24, 2.45) is 0 Å². The molecule has 6 nitrogen and oxygen atoms in total. The summed E-state index contributed by atoms with van der Waals surface area (Å²) in [6, 6.07) is 14.0. The minimum atomic E-state index is -3.28. The maximum absolute atomic E-state index is 11.6. The maximum atomic E-state index is 11.6. The van der Waals surface area contributed by atoms with Crippen LogP contribution in [-0.4, -0.2) is 45.3 Å². The second-order valence-electron chi connectivity index (χ2n) is 5.72. The highest BCUT2D eigenvalue weighted by Crippen LogP contribution is 2.20. The largest absolute Gasteiger partial charge is 0.368 e. The number of aromatic nitrogens is 1. The fourth-order valence-corrected chi connectivity index (χ4v) is 3.31. The standard InChI is InChI=1S/C17H22N4O2S/c1-2-24(22,23)19-17-9-8-16(14-18-17)21-12-10-20(11-13-21)15-6-4-3-5-7-15/h3-9,14H,2,10-13H2,1H3,(H,18,19). The monoisotopic (exact) mass is 346 g/mol. The van der Waals surface area contributed by atoms with Gasteiger partial charge in [-0.3, -0.25) is 4.72 Å². The lowest BCUT2D eigenvalue weighted by Crippen LogP contribution is -2.46. The number of nitrogens with one attached hydrogen (secondary N) is 1. The second kappa shape index (κ2) is 7.09. The van der Waals surface area contributed by atoms with Crippen LogP contribution in [0.5, 0.6) is 0 Å². The van der Waals surface area contributed by atoms with Crippen molar-refractivity contribution in [3.8, 4) is 0 Å². The van der Waals surface area contributed by atoms with Crippen LogP contribution in [0.4, 0.5) is 17.2 Å². The lowest BCUT2D eigenvalue weighted by molar-refractivity contribution is 0.602. The number of hydrogen-bond donors (Lipinski definition) is 1. The van der Waals surface area contributed by atoms with E-state index in [1.165, 1.54) is 5.69 Å². The van der Waals surface area contributed by atoms with Crippen molar-refractivity contribution in [1.29, 1.82) is 0 Å². The predicted molar refractivity (Wildman–Crippen MR) is 98.2 cm³/mol. The zero-order chi connectivity index (χ0) is 17.0. The molecule has 0 atom stereocenters. The number of para-hydroxylation sites is 1. The molecule has 128 valence electrons. The summed E-state index contributed by atoms with van der Waals surface area (Å²) in [6.07, 6.45) is 1.73. The van der Waals surface area contributed by atoms with E-state index in [4.69, 9.17) is 0 Å². The van der Waals surface area contributed by atoms with Gasteiger partial charge in [0, 0.05) is 31.9 Å². The van der Waals surface area contributed by atoms with Gasteiger partial charge in [0.1, 0.15) is 5.82 Å². The van der Waals surface area contributed by atoms with Gasteiger partial charge in [-0.15, -0.1) is 0 Å². The van der Waals surface area contributed by atoms with E-state index in [-0.39, 0.29) is 5.75 Å². The van der Waals surface area contributed by atoms with Crippen molar-refractivity contribution < 1.29 is 8.42 Å². The van der Waals surface area contributed by atoms with Gasteiger partial charge in [0.25, 0.3) is 0 Å². The van der Waals surface area contributed by atoms with E-state index in [9.17, 15) is 8.42 Å². The Kier molecular flexibility index (Phi) is 4.89. The van der Waals surface area contributed by atoms with Gasteiger partial charge in [0.05, 0.1) is 17.6 Å². The van der Waals surface area contributed by atoms with Gasteiger partial charge < -0.3 is 9.80 Å². The van der Waals surface area contributed by atoms with E-state index < -0.39 is 10.0 Å². The first-order valence-corrected chi connectivity index (χ1v) is 9.74. The molecule has 1 N–H and O–H groups in total. The summed E-state index contributed by atoms with van der Waals surface area (Å²) >= 11 is 0. The van der Waals surface area contributed by atoms with Gasteiger partial charge in [-0.2, -0.15) is 0 Å². The van der Waals surface area contributed by atoms with E-state index in [1.54, 1.807) is 19.2 Å². The third-order valence-corrected chi connectivity index (χ3v) is 5.43. The molecule has 0 unspecified atom stereocenters. The Morgan fingerprint density at radius 1 is 0.958 bits per heavy atom. The topological polar surface area (TPSA) is 65.5 Å². The van der Waals surface area contributed by atoms with E-state index in [0.717, 1.165) is 31.9 Å². The molecule has 1 aromatic carbocycles. The van der Waals surface area contributed by atoms with Crippen molar-refractivity contribution in [3.05, 3.63) is 48.7 Å². The third-order valence-electron chi connectivity index (χ3n) is 4.15. The number of sulfonamides is 1. The van der Waals surface area contributed by atoms with Gasteiger partial charge in [-0.1, -0.05) is 18.2 Å². The number of benzene rings is 1. The highest BCUT2D eigenvalue weighted by atomic mass is 32.2. The minimum Gasteiger partial charge on any atom is -0.368 e. The summed E-state index contributed by atoms with van der Waals surface area (Å²) in [5.41, 5.74) is 2.27. The third kappa shape index (κ3) is 3.97. The Balaban J connectivity index is 1.60. The highest BCUT2D eigenvalue weighted by Gasteiger charge is 2.18. The first-order chi connectivity index (χ1) is 11.6. The molecule has 3 rings (SSSR count). The molecule has 7 heteroatoms. The first-order valence-electron chi connectivity index (χ1n) is 8.09. The highest BCUT2D eigenvalue weighted by molar-refractivity contribution is 7.92. The Hall–Kier alpha value is -2.28. The summed E-state index contributed by atoms with van der Waals surface area (Å²) in [4.78, 5) is 8.86. The van der Waals surface area contributed by atoms with E-state index in [0.29, 0.717) is 5.82 Å². The van der Waals surface area contributed by atoms with Crippen LogP contribution in [0.25, 0.3) is 0 Å². The molecule has 0 aliphatic carbocycles.